The molecule has 6 nitrogen and oxygen atoms in total. The molecule has 1 amide bonds. The highest BCUT2D eigenvalue weighted by Crippen LogP contribution is 2.14. The number of nitrogens with zero attached hydrogens (tertiary/aromatic N) is 2. The molecule has 0 saturated heterocycles. The van der Waals surface area contributed by atoms with E-state index in [1.807, 2.05) is 30.3 Å². The number of carbonyl (C=O) groups is 1. The average molecular weight is 296 g/mol. The number of aryl methyl sites for hydroxylation is 1. The Morgan fingerprint density at radius 1 is 1.23 bits per heavy atom. The van der Waals surface area contributed by atoms with Gasteiger partial charge in [-0.25, -0.2) is 4.68 Å². The van der Waals surface area contributed by atoms with Gasteiger partial charge in [-0.2, -0.15) is 5.10 Å². The monoisotopic (exact) mass is 296 g/mol. The summed E-state index contributed by atoms with van der Waals surface area (Å²) in [6, 6.07) is 12.6. The first-order valence-electron chi connectivity index (χ1n) is 7.12. The van der Waals surface area contributed by atoms with Gasteiger partial charge in [0.05, 0.1) is 0 Å². The van der Waals surface area contributed by atoms with Crippen molar-refractivity contribution in [2.45, 2.75) is 13.0 Å². The van der Waals surface area contributed by atoms with Crippen LogP contribution in [0.2, 0.25) is 0 Å². The SMILES string of the molecule is O=C(NCCCn1ncccc1=O)c1cc2ccccc2[nH]1. The summed E-state index contributed by atoms with van der Waals surface area (Å²) in [6.07, 6.45) is 2.22. The van der Waals surface area contributed by atoms with Crippen LogP contribution < -0.4 is 10.9 Å². The molecule has 2 aromatic heterocycles. The fourth-order valence-electron chi connectivity index (χ4n) is 2.28. The molecular weight excluding hydrogens is 280 g/mol. The molecule has 3 rings (SSSR count). The van der Waals surface area contributed by atoms with Gasteiger partial charge >= 0.3 is 0 Å². The Bertz CT molecular complexity index is 817. The van der Waals surface area contributed by atoms with Crippen LogP contribution in [0.4, 0.5) is 0 Å². The van der Waals surface area contributed by atoms with Crippen LogP contribution >= 0.6 is 0 Å². The van der Waals surface area contributed by atoms with Gasteiger partial charge in [0.25, 0.3) is 11.5 Å². The van der Waals surface area contributed by atoms with Crippen molar-refractivity contribution in [3.8, 4) is 0 Å². The fraction of sp³-hybridized carbons (Fsp3) is 0.188. The van der Waals surface area contributed by atoms with Crippen LogP contribution in [0.25, 0.3) is 10.9 Å². The van der Waals surface area contributed by atoms with E-state index < -0.39 is 0 Å². The Morgan fingerprint density at radius 2 is 2.09 bits per heavy atom. The highest BCUT2D eigenvalue weighted by atomic mass is 16.2. The van der Waals surface area contributed by atoms with Crippen molar-refractivity contribution >= 4 is 16.8 Å². The molecule has 0 unspecified atom stereocenters. The first-order valence-corrected chi connectivity index (χ1v) is 7.12. The Labute approximate surface area is 126 Å². The van der Waals surface area contributed by atoms with Crippen molar-refractivity contribution in [1.82, 2.24) is 20.1 Å². The van der Waals surface area contributed by atoms with E-state index in [2.05, 4.69) is 15.4 Å². The lowest BCUT2D eigenvalue weighted by Crippen LogP contribution is -2.27. The smallest absolute Gasteiger partial charge is 0.267 e. The van der Waals surface area contributed by atoms with Gasteiger partial charge < -0.3 is 10.3 Å². The third kappa shape index (κ3) is 3.06. The van der Waals surface area contributed by atoms with Crippen molar-refractivity contribution < 1.29 is 4.79 Å². The highest BCUT2D eigenvalue weighted by Gasteiger charge is 2.08. The van der Waals surface area contributed by atoms with Crippen LogP contribution in [-0.2, 0) is 6.54 Å². The summed E-state index contributed by atoms with van der Waals surface area (Å²) in [4.78, 5) is 26.6. The minimum atomic E-state index is -0.149. The largest absolute Gasteiger partial charge is 0.351 e. The number of aromatic amines is 1. The number of para-hydroxylation sites is 1. The van der Waals surface area contributed by atoms with E-state index in [1.165, 1.54) is 10.7 Å². The van der Waals surface area contributed by atoms with Crippen LogP contribution in [0.15, 0.2) is 53.5 Å². The summed E-state index contributed by atoms with van der Waals surface area (Å²) in [7, 11) is 0. The van der Waals surface area contributed by atoms with Crippen molar-refractivity contribution in [3.63, 3.8) is 0 Å². The van der Waals surface area contributed by atoms with Gasteiger partial charge in [0.2, 0.25) is 0 Å². The number of fused-ring (bicyclic) bond motifs is 1. The summed E-state index contributed by atoms with van der Waals surface area (Å²) in [5.41, 5.74) is 1.34. The second-order valence-electron chi connectivity index (χ2n) is 4.96. The predicted molar refractivity (Wildman–Crippen MR) is 83.7 cm³/mol. The summed E-state index contributed by atoms with van der Waals surface area (Å²) < 4.78 is 1.38. The predicted octanol–water partition coefficient (Wildman–Crippen LogP) is 1.54. The summed E-state index contributed by atoms with van der Waals surface area (Å²) in [5.74, 6) is -0.149. The van der Waals surface area contributed by atoms with Gasteiger partial charge in [-0.05, 0) is 24.6 Å². The molecule has 22 heavy (non-hydrogen) atoms. The summed E-state index contributed by atoms with van der Waals surface area (Å²) >= 11 is 0. The third-order valence-electron chi connectivity index (χ3n) is 3.39. The van der Waals surface area contributed by atoms with E-state index in [0.717, 1.165) is 10.9 Å². The van der Waals surface area contributed by atoms with Crippen LogP contribution in [-0.4, -0.2) is 27.2 Å². The van der Waals surface area contributed by atoms with Crippen LogP contribution in [0.3, 0.4) is 0 Å². The summed E-state index contributed by atoms with van der Waals surface area (Å²) in [6.45, 7) is 0.962. The van der Waals surface area contributed by atoms with Gasteiger partial charge in [0.15, 0.2) is 0 Å². The van der Waals surface area contributed by atoms with Gasteiger partial charge in [0.1, 0.15) is 5.69 Å². The van der Waals surface area contributed by atoms with Gasteiger partial charge in [-0.15, -0.1) is 0 Å². The van der Waals surface area contributed by atoms with Gasteiger partial charge in [0, 0.05) is 36.3 Å². The third-order valence-corrected chi connectivity index (χ3v) is 3.39. The standard InChI is InChI=1S/C16H16N4O2/c21-15-7-3-9-18-20(15)10-4-8-17-16(22)14-11-12-5-1-2-6-13(12)19-14/h1-3,5-7,9,11,19H,4,8,10H2,(H,17,22). The van der Waals surface area contributed by atoms with Crippen molar-refractivity contribution in [2.24, 2.45) is 0 Å². The van der Waals surface area contributed by atoms with E-state index in [9.17, 15) is 9.59 Å². The lowest BCUT2D eigenvalue weighted by Gasteiger charge is -2.05. The number of H-pyrrole nitrogens is 1. The number of hydrogen-bond acceptors (Lipinski definition) is 3. The number of rotatable bonds is 5. The normalized spacial score (nSPS) is 10.7. The lowest BCUT2D eigenvalue weighted by atomic mass is 10.2. The minimum absolute atomic E-state index is 0.135. The molecule has 6 heteroatoms. The zero-order valence-corrected chi connectivity index (χ0v) is 12.0. The number of nitrogens with one attached hydrogen (secondary N) is 2. The molecular formula is C16H16N4O2. The maximum Gasteiger partial charge on any atom is 0.267 e. The van der Waals surface area contributed by atoms with Crippen molar-refractivity contribution in [3.05, 3.63) is 64.7 Å². The van der Waals surface area contributed by atoms with Gasteiger partial charge in [-0.3, -0.25) is 9.59 Å². The topological polar surface area (TPSA) is 79.8 Å². The van der Waals surface area contributed by atoms with Crippen LogP contribution in [0.1, 0.15) is 16.9 Å². The van der Waals surface area contributed by atoms with Crippen molar-refractivity contribution in [1.29, 1.82) is 0 Å². The molecule has 112 valence electrons. The molecule has 2 heterocycles. The quantitative estimate of drug-likeness (QED) is 0.701. The van der Waals surface area contributed by atoms with E-state index >= 15 is 0 Å². The molecule has 0 aliphatic rings. The Hall–Kier alpha value is -2.89. The van der Waals surface area contributed by atoms with E-state index in [4.69, 9.17) is 0 Å². The van der Waals surface area contributed by atoms with E-state index in [0.29, 0.717) is 25.2 Å². The minimum Gasteiger partial charge on any atom is -0.351 e. The molecule has 1 aromatic carbocycles. The van der Waals surface area contributed by atoms with E-state index in [-0.39, 0.29) is 11.5 Å². The number of benzene rings is 1. The molecule has 0 atom stereocenters. The molecule has 0 bridgehead atoms. The number of hydrogen-bond donors (Lipinski definition) is 2. The molecule has 0 aliphatic heterocycles. The molecule has 0 aliphatic carbocycles. The van der Waals surface area contributed by atoms with E-state index in [1.54, 1.807) is 12.3 Å². The molecule has 0 spiro atoms. The molecule has 0 fully saturated rings. The van der Waals surface area contributed by atoms with Crippen molar-refractivity contribution in [2.75, 3.05) is 6.54 Å². The number of aromatic nitrogens is 3. The Balaban J connectivity index is 1.54. The zero-order chi connectivity index (χ0) is 15.4. The fourth-order valence-corrected chi connectivity index (χ4v) is 2.28. The average Bonchev–Trinajstić information content (AvgIpc) is 2.97. The lowest BCUT2D eigenvalue weighted by molar-refractivity contribution is 0.0948. The first kappa shape index (κ1) is 14.1. The Kier molecular flexibility index (Phi) is 4.00. The first-order chi connectivity index (χ1) is 10.7. The maximum absolute atomic E-state index is 12.1. The molecule has 0 radical (unpaired) electrons. The highest BCUT2D eigenvalue weighted by molar-refractivity contribution is 5.97. The number of carbonyl (C=O) groups excluding carboxylic acids is 1. The second-order valence-corrected chi connectivity index (χ2v) is 4.96. The van der Waals surface area contributed by atoms with Crippen LogP contribution in [0, 0.1) is 0 Å². The molecule has 0 saturated carbocycles. The molecule has 2 N–H and O–H groups in total. The second kappa shape index (κ2) is 6.26. The Morgan fingerprint density at radius 3 is 2.91 bits per heavy atom. The molecule has 3 aromatic rings. The summed E-state index contributed by atoms with van der Waals surface area (Å²) in [5, 5.41) is 7.81. The number of amides is 1. The van der Waals surface area contributed by atoms with Crippen LogP contribution in [0.5, 0.6) is 0 Å². The van der Waals surface area contributed by atoms with Gasteiger partial charge in [-0.1, -0.05) is 18.2 Å². The zero-order valence-electron chi connectivity index (χ0n) is 12.0. The maximum atomic E-state index is 12.1.